The number of rotatable bonds is 35. The second-order valence-electron chi connectivity index (χ2n) is 33.1. The summed E-state index contributed by atoms with van der Waals surface area (Å²) in [7, 11) is 0. The predicted molar refractivity (Wildman–Crippen MR) is 526 cm³/mol. The van der Waals surface area contributed by atoms with Crippen LogP contribution in [0, 0.1) is 50.3 Å². The van der Waals surface area contributed by atoms with E-state index in [9.17, 15) is 58.2 Å². The van der Waals surface area contributed by atoms with E-state index in [4.69, 9.17) is 51.9 Å². The van der Waals surface area contributed by atoms with Gasteiger partial charge in [0, 0.05) is 62.6 Å². The van der Waals surface area contributed by atoms with Gasteiger partial charge in [-0.2, -0.15) is 0 Å². The summed E-state index contributed by atoms with van der Waals surface area (Å²) in [4.78, 5) is 135. The van der Waals surface area contributed by atoms with Crippen LogP contribution in [0.2, 0.25) is 0 Å². The monoisotopic (exact) mass is 1850 g/mol. The summed E-state index contributed by atoms with van der Waals surface area (Å²) in [5.74, 6) is -5.81. The van der Waals surface area contributed by atoms with Crippen molar-refractivity contribution in [2.45, 2.75) is 144 Å². The van der Waals surface area contributed by atoms with Crippen molar-refractivity contribution in [1.29, 1.82) is 10.8 Å². The molecule has 9 N–H and O–H groups in total. The number of nitrogens with zero attached hydrogens (tertiary/aromatic N) is 2. The molecule has 2 aliphatic heterocycles. The fraction of sp³-hybridized carbons (Fsp3) is 0.261. The van der Waals surface area contributed by atoms with Crippen molar-refractivity contribution in [3.05, 3.63) is 394 Å². The van der Waals surface area contributed by atoms with E-state index < -0.39 is 64.9 Å². The second-order valence-corrected chi connectivity index (χ2v) is 33.1. The minimum Gasteiger partial charge on any atom is -1.00 e. The average Bonchev–Trinajstić information content (AvgIpc) is 1.65. The number of nitrogens with one attached hydrogen (secondary N) is 1. The van der Waals surface area contributed by atoms with Gasteiger partial charge in [-0.1, -0.05) is 370 Å². The average molecular weight is 1850 g/mol. The van der Waals surface area contributed by atoms with Gasteiger partial charge < -0.3 is 48.1 Å². The number of ketones is 5. The molecule has 0 bridgehead atoms. The molecule has 8 atom stereocenters. The van der Waals surface area contributed by atoms with Crippen molar-refractivity contribution in [3.63, 3.8) is 0 Å². The number of epoxide rings is 2. The molecule has 700 valence electrons. The molecule has 135 heavy (non-hydrogen) atoms. The summed E-state index contributed by atoms with van der Waals surface area (Å²) in [5, 5.41) is 51.2. The van der Waals surface area contributed by atoms with Gasteiger partial charge in [-0.15, -0.1) is 0 Å². The number of benzene rings is 12. The SMILES string of the molecule is C.C.CC(C)C[C@H](N)C(=O)[C@@]1(C)CO1.CC(C)C[C@H](NC(=O)[C@@H](CC(=O)c1ccc(-c2ccccc2)cc1)Cc1ccccc1)C(=O)[C@@]1(C)CO1.N#N.N[C@@H](Cc1ccccc1)C(=O)O.O=C(C[C@@H](Cc1ccccc1)C(=O)O)c1ccc(-c2ccccc2)cc1.O=C(C[C@@H](Cc1ccccc1)C(=O)O)c1ccc(-c2ccccc2)cc1.O=C(O)c1ccc(-c2ccccc2)cc1.O=O.[H-].[K+]. The van der Waals surface area contributed by atoms with Crippen LogP contribution >= 0.6 is 0 Å². The van der Waals surface area contributed by atoms with Gasteiger partial charge in [0.2, 0.25) is 5.91 Å². The molecule has 0 radical (unpaired) electrons. The molecule has 0 spiro atoms. The van der Waals surface area contributed by atoms with Gasteiger partial charge in [0.1, 0.15) is 17.2 Å². The van der Waals surface area contributed by atoms with Crippen LogP contribution in [0.3, 0.4) is 0 Å². The number of carboxylic acids is 4. The topological polar surface area (TPSA) is 422 Å². The molecule has 2 aliphatic rings. The number of Topliss-reactive ketones (excluding diaryl/α,β-unsaturated/α-hetero) is 5. The molecule has 12 aromatic rings. The number of aliphatic carboxylic acids is 3. The molecule has 2 fully saturated rings. The van der Waals surface area contributed by atoms with Crippen LogP contribution < -0.4 is 68.2 Å². The zero-order chi connectivity index (χ0) is 96.1. The third-order valence-electron chi connectivity index (χ3n) is 21.7. The third kappa shape index (κ3) is 39.1. The molecular weight excluding hydrogens is 1730 g/mol. The predicted octanol–water partition coefficient (Wildman–Crippen LogP) is 18.3. The molecule has 2 heterocycles. The number of hydrogen-bond acceptors (Lipinski definition) is 18. The summed E-state index contributed by atoms with van der Waals surface area (Å²) in [6, 6.07) is 105. The van der Waals surface area contributed by atoms with Crippen LogP contribution in [0.1, 0.15) is 154 Å². The van der Waals surface area contributed by atoms with Crippen molar-refractivity contribution in [2.75, 3.05) is 13.2 Å². The van der Waals surface area contributed by atoms with Crippen molar-refractivity contribution in [2.24, 2.45) is 41.1 Å². The second kappa shape index (κ2) is 59.5. The molecule has 0 unspecified atom stereocenters. The number of carbonyl (C=O) groups excluding carboxylic acids is 6. The maximum Gasteiger partial charge on any atom is 1.00 e. The molecule has 23 nitrogen and oxygen atoms in total. The largest absolute Gasteiger partial charge is 1.00 e. The van der Waals surface area contributed by atoms with Crippen LogP contribution in [-0.4, -0.2) is 122 Å². The standard InChI is InChI=1S/C32H35NO4.2C23H20O3.C13H10O2.C9H17NO2.C9H11NO2.2CH4.K.N2.O2.H/c1-22(2)18-28(30(35)32(3)21-37-32)33-31(36)27(19-23-10-6-4-7-11-23)20-29(34)26-16-14-25(15-17-26)24-12-8-5-9-13-24;2*24-22(16-21(23(25)26)15-17-7-3-1-4-8-17)20-13-11-19(12-14-20)18-9-5-2-6-10-18;14-13(15)12-8-6-11(7-9-12)10-4-2-1-3-5-10;1-6(2)4-7(10)8(11)9(3)5-12-9;10-8(9(11)12)6-7-4-2-1-3-5-7;;;;2*1-2;/h4-17,22,27-28H,18-21H2,1-3H3,(H,33,36);2*1-14,21H,15-16H2,(H,25,26);1-9H,(H,14,15);6-7H,4-5,10H2,1-3H3;1-5,8H,6,10H2,(H,11,12);2*1H4;;;;/q;;;;;;;;+1;;;-1/t27-,28+,32-;2*21-;;7-,9+;8-;;;;;;/m111.00....../s1. The van der Waals surface area contributed by atoms with Gasteiger partial charge in [0.05, 0.1) is 42.7 Å². The fourth-order valence-corrected chi connectivity index (χ4v) is 14.2. The molecule has 14 rings (SSSR count). The number of ether oxygens (including phenoxy) is 2. The zero-order valence-corrected chi connectivity index (χ0v) is 78.9. The maximum atomic E-state index is 13.5. The Morgan fingerprint density at radius 1 is 0.333 bits per heavy atom. The molecule has 1 amide bonds. The molecule has 0 saturated carbocycles. The van der Waals surface area contributed by atoms with Crippen molar-refractivity contribution < 1.29 is 131 Å². The quantitative estimate of drug-likeness (QED) is 0.00839. The van der Waals surface area contributed by atoms with Gasteiger partial charge in [-0.25, -0.2) is 4.79 Å². The first-order valence-electron chi connectivity index (χ1n) is 43.3. The Bertz CT molecular complexity index is 5480. The van der Waals surface area contributed by atoms with Crippen LogP contribution in [0.5, 0.6) is 0 Å². The Labute approximate surface area is 835 Å². The Hall–Kier alpha value is -13.2. The summed E-state index contributed by atoms with van der Waals surface area (Å²) in [6.07, 6.45) is 2.82. The summed E-state index contributed by atoms with van der Waals surface area (Å²) < 4.78 is 10.4. The van der Waals surface area contributed by atoms with Gasteiger partial charge in [0.15, 0.2) is 28.9 Å². The number of carboxylic acid groups (broad SMARTS) is 4. The van der Waals surface area contributed by atoms with Crippen molar-refractivity contribution in [3.8, 4) is 44.5 Å². The van der Waals surface area contributed by atoms with E-state index in [-0.39, 0.29) is 134 Å². The van der Waals surface area contributed by atoms with E-state index in [1.54, 1.807) is 50.2 Å². The smallest absolute Gasteiger partial charge is 1.00 e. The van der Waals surface area contributed by atoms with Crippen LogP contribution in [0.4, 0.5) is 0 Å². The van der Waals surface area contributed by atoms with Crippen LogP contribution in [0.15, 0.2) is 340 Å². The minimum atomic E-state index is -0.959. The normalized spacial score (nSPS) is 14.4. The first-order chi connectivity index (χ1) is 63.4. The molecule has 24 heteroatoms. The maximum absolute atomic E-state index is 13.5. The Morgan fingerprint density at radius 2 is 0.563 bits per heavy atom. The van der Waals surface area contributed by atoms with Crippen LogP contribution in [-0.2, 0) is 63.9 Å². The summed E-state index contributed by atoms with van der Waals surface area (Å²) in [5.41, 5.74) is 23.9. The minimum absolute atomic E-state index is 0. The Kier molecular flexibility index (Phi) is 50.3. The Balaban J connectivity index is 0.000000433. The van der Waals surface area contributed by atoms with E-state index in [1.165, 1.54) is 0 Å². The molecule has 2 saturated heterocycles. The van der Waals surface area contributed by atoms with Crippen molar-refractivity contribution in [1.82, 2.24) is 5.32 Å². The van der Waals surface area contributed by atoms with E-state index in [0.29, 0.717) is 73.5 Å². The number of aromatic carboxylic acids is 1. The van der Waals surface area contributed by atoms with Gasteiger partial charge >= 0.3 is 75.3 Å². The number of carbonyl (C=O) groups is 10. The van der Waals surface area contributed by atoms with E-state index in [2.05, 4.69) is 19.2 Å². The van der Waals surface area contributed by atoms with Gasteiger partial charge in [0.25, 0.3) is 0 Å². The summed E-state index contributed by atoms with van der Waals surface area (Å²) in [6.45, 7) is 12.6. The van der Waals surface area contributed by atoms with E-state index in [0.717, 1.165) is 73.2 Å². The molecule has 0 aromatic heterocycles. The number of nitrogens with two attached hydrogens (primary N) is 2. The zero-order valence-electron chi connectivity index (χ0n) is 76.8. The van der Waals surface area contributed by atoms with Crippen LogP contribution in [0.25, 0.3) is 44.5 Å². The molecule has 12 aromatic carbocycles. The first kappa shape index (κ1) is 114. The first-order valence-corrected chi connectivity index (χ1v) is 43.3. The third-order valence-corrected chi connectivity index (χ3v) is 21.7. The summed E-state index contributed by atoms with van der Waals surface area (Å²) >= 11 is 0. The van der Waals surface area contributed by atoms with Gasteiger partial charge in [-0.05, 0) is 143 Å². The number of hydrogen-bond donors (Lipinski definition) is 7. The number of amides is 1. The Morgan fingerprint density at radius 3 is 0.807 bits per heavy atom. The van der Waals surface area contributed by atoms with Crippen molar-refractivity contribution >= 4 is 58.7 Å². The fourth-order valence-electron chi connectivity index (χ4n) is 14.2. The molecule has 0 aliphatic carbocycles. The van der Waals surface area contributed by atoms with Gasteiger partial charge in [-0.3, -0.25) is 43.2 Å². The van der Waals surface area contributed by atoms with E-state index in [1.807, 2.05) is 317 Å². The molecular formula is C111H122KN5O18. The van der Waals surface area contributed by atoms with E-state index >= 15 is 0 Å².